The van der Waals surface area contributed by atoms with Gasteiger partial charge < -0.3 is 10.1 Å². The van der Waals surface area contributed by atoms with Gasteiger partial charge in [0.25, 0.3) is 5.69 Å². The first-order valence-electron chi connectivity index (χ1n) is 9.80. The third-order valence-corrected chi connectivity index (χ3v) is 5.51. The van der Waals surface area contributed by atoms with Crippen LogP contribution in [-0.2, 0) is 20.7 Å². The van der Waals surface area contributed by atoms with Crippen molar-refractivity contribution in [1.82, 2.24) is 5.32 Å². The van der Waals surface area contributed by atoms with Gasteiger partial charge in [0.1, 0.15) is 6.04 Å². The van der Waals surface area contributed by atoms with Crippen molar-refractivity contribution in [2.24, 2.45) is 0 Å². The number of carbonyl (C=O) groups excluding carboxylic acids is 2. The van der Waals surface area contributed by atoms with Gasteiger partial charge in [-0.25, -0.2) is 4.79 Å². The average molecular weight is 416 g/mol. The number of nitro benzene ring substituents is 1. The number of nitrogens with zero attached hydrogens (tertiary/aromatic N) is 1. The van der Waals surface area contributed by atoms with Gasteiger partial charge in [-0.3, -0.25) is 14.9 Å². The van der Waals surface area contributed by atoms with Crippen molar-refractivity contribution in [3.63, 3.8) is 0 Å². The van der Waals surface area contributed by atoms with Crippen LogP contribution in [0, 0.1) is 10.1 Å². The SMILES string of the molecule is COC(=O)[C@@H](Cc1ccccc1[N+](=O)[O-])NC(=O)C1c2ccccc2-c2ccccc21. The molecule has 0 aliphatic heterocycles. The van der Waals surface area contributed by atoms with Crippen LogP contribution in [0.25, 0.3) is 11.1 Å². The molecule has 3 aromatic rings. The van der Waals surface area contributed by atoms with Crippen LogP contribution in [0.15, 0.2) is 72.8 Å². The van der Waals surface area contributed by atoms with E-state index in [1.807, 2.05) is 48.5 Å². The molecule has 0 spiro atoms. The summed E-state index contributed by atoms with van der Waals surface area (Å²) in [6.07, 6.45) is -0.0500. The Morgan fingerprint density at radius 2 is 1.52 bits per heavy atom. The van der Waals surface area contributed by atoms with Crippen LogP contribution in [0.3, 0.4) is 0 Å². The van der Waals surface area contributed by atoms with E-state index < -0.39 is 22.9 Å². The molecular formula is C24H20N2O5. The van der Waals surface area contributed by atoms with Gasteiger partial charge in [0, 0.05) is 18.1 Å². The monoisotopic (exact) mass is 416 g/mol. The number of carbonyl (C=O) groups is 2. The van der Waals surface area contributed by atoms with E-state index in [0.717, 1.165) is 22.3 Å². The second-order valence-electron chi connectivity index (χ2n) is 7.28. The van der Waals surface area contributed by atoms with Crippen LogP contribution in [0.4, 0.5) is 5.69 Å². The standard InChI is InChI=1S/C24H20N2O5/c1-31-24(28)20(14-15-8-2-7-13-21(15)26(29)30)25-23(27)22-18-11-5-3-9-16(18)17-10-4-6-12-19(17)22/h2-13,20,22H,14H2,1H3,(H,25,27)/t20-/m1/s1. The molecule has 0 saturated heterocycles. The Morgan fingerprint density at radius 1 is 0.968 bits per heavy atom. The van der Waals surface area contributed by atoms with E-state index in [2.05, 4.69) is 5.32 Å². The van der Waals surface area contributed by atoms with Crippen LogP contribution in [0.1, 0.15) is 22.6 Å². The molecule has 7 heteroatoms. The summed E-state index contributed by atoms with van der Waals surface area (Å²) in [7, 11) is 1.22. The van der Waals surface area contributed by atoms with Crippen molar-refractivity contribution in [1.29, 1.82) is 0 Å². The number of fused-ring (bicyclic) bond motifs is 3. The first-order valence-corrected chi connectivity index (χ1v) is 9.80. The highest BCUT2D eigenvalue weighted by Gasteiger charge is 2.36. The minimum Gasteiger partial charge on any atom is -0.467 e. The Hall–Kier alpha value is -4.00. The summed E-state index contributed by atoms with van der Waals surface area (Å²) in [4.78, 5) is 36.6. The smallest absolute Gasteiger partial charge is 0.328 e. The minimum atomic E-state index is -1.06. The maximum atomic E-state index is 13.4. The zero-order chi connectivity index (χ0) is 22.0. The van der Waals surface area contributed by atoms with Crippen molar-refractivity contribution in [3.05, 3.63) is 99.6 Å². The van der Waals surface area contributed by atoms with Gasteiger partial charge >= 0.3 is 5.97 Å². The summed E-state index contributed by atoms with van der Waals surface area (Å²) < 4.78 is 4.86. The highest BCUT2D eigenvalue weighted by atomic mass is 16.6. The second-order valence-corrected chi connectivity index (χ2v) is 7.28. The van der Waals surface area contributed by atoms with Gasteiger partial charge in [0.05, 0.1) is 18.0 Å². The van der Waals surface area contributed by atoms with E-state index in [1.165, 1.54) is 13.2 Å². The fourth-order valence-corrected chi connectivity index (χ4v) is 4.11. The van der Waals surface area contributed by atoms with E-state index in [0.29, 0.717) is 5.56 Å². The molecule has 0 aromatic heterocycles. The molecule has 0 heterocycles. The van der Waals surface area contributed by atoms with Gasteiger partial charge in [-0.15, -0.1) is 0 Å². The van der Waals surface area contributed by atoms with Crippen LogP contribution < -0.4 is 5.32 Å². The molecule has 1 atom stereocenters. The number of amides is 1. The Kier molecular flexibility index (Phi) is 5.49. The summed E-state index contributed by atoms with van der Waals surface area (Å²) in [6.45, 7) is 0. The molecular weight excluding hydrogens is 396 g/mol. The summed E-state index contributed by atoms with van der Waals surface area (Å²) in [6, 6.07) is 20.4. The molecule has 0 bridgehead atoms. The van der Waals surface area contributed by atoms with Gasteiger partial charge in [-0.2, -0.15) is 0 Å². The molecule has 1 N–H and O–H groups in total. The number of hydrogen-bond donors (Lipinski definition) is 1. The largest absolute Gasteiger partial charge is 0.467 e. The highest BCUT2D eigenvalue weighted by molar-refractivity contribution is 5.97. The van der Waals surface area contributed by atoms with Crippen LogP contribution in [0.2, 0.25) is 0 Å². The number of nitro groups is 1. The minimum absolute atomic E-state index is 0.0500. The van der Waals surface area contributed by atoms with Crippen molar-refractivity contribution in [2.75, 3.05) is 7.11 Å². The van der Waals surface area contributed by atoms with Crippen molar-refractivity contribution in [2.45, 2.75) is 18.4 Å². The number of nitrogens with one attached hydrogen (secondary N) is 1. The predicted molar refractivity (Wildman–Crippen MR) is 114 cm³/mol. The number of methoxy groups -OCH3 is 1. The maximum Gasteiger partial charge on any atom is 0.328 e. The number of para-hydroxylation sites is 1. The normalized spacial score (nSPS) is 13.1. The fourth-order valence-electron chi connectivity index (χ4n) is 4.11. The second kappa shape index (κ2) is 8.39. The maximum absolute atomic E-state index is 13.4. The molecule has 7 nitrogen and oxygen atoms in total. The Balaban J connectivity index is 1.65. The molecule has 4 rings (SSSR count). The zero-order valence-corrected chi connectivity index (χ0v) is 16.8. The molecule has 0 saturated carbocycles. The molecule has 1 amide bonds. The van der Waals surface area contributed by atoms with Crippen molar-refractivity contribution >= 4 is 17.6 Å². The van der Waals surface area contributed by atoms with Gasteiger partial charge in [-0.1, -0.05) is 66.7 Å². The van der Waals surface area contributed by atoms with E-state index in [1.54, 1.807) is 18.2 Å². The molecule has 1 aliphatic carbocycles. The van der Waals surface area contributed by atoms with Crippen LogP contribution in [-0.4, -0.2) is 30.0 Å². The molecule has 3 aromatic carbocycles. The molecule has 1 aliphatic rings. The summed E-state index contributed by atoms with van der Waals surface area (Å²) in [5.41, 5.74) is 3.90. The third kappa shape index (κ3) is 3.77. The van der Waals surface area contributed by atoms with Crippen molar-refractivity contribution < 1.29 is 19.2 Å². The van der Waals surface area contributed by atoms with Crippen molar-refractivity contribution in [3.8, 4) is 11.1 Å². The summed E-state index contributed by atoms with van der Waals surface area (Å²) in [5.74, 6) is -1.59. The van der Waals surface area contributed by atoms with E-state index >= 15 is 0 Å². The highest BCUT2D eigenvalue weighted by Crippen LogP contribution is 2.44. The van der Waals surface area contributed by atoms with E-state index in [9.17, 15) is 19.7 Å². The number of esters is 1. The Bertz CT molecular complexity index is 1130. The molecule has 0 radical (unpaired) electrons. The Morgan fingerprint density at radius 3 is 2.10 bits per heavy atom. The van der Waals surface area contributed by atoms with Crippen LogP contribution >= 0.6 is 0 Å². The Labute approximate surface area is 178 Å². The van der Waals surface area contributed by atoms with Gasteiger partial charge in [0.15, 0.2) is 0 Å². The molecule has 0 fully saturated rings. The third-order valence-electron chi connectivity index (χ3n) is 5.51. The first-order chi connectivity index (χ1) is 15.0. The fraction of sp³-hybridized carbons (Fsp3) is 0.167. The number of hydrogen-bond acceptors (Lipinski definition) is 5. The van der Waals surface area contributed by atoms with Gasteiger partial charge in [-0.05, 0) is 22.3 Å². The number of benzene rings is 3. The first kappa shape index (κ1) is 20.3. The molecule has 0 unspecified atom stereocenters. The summed E-state index contributed by atoms with van der Waals surface area (Å²) in [5, 5.41) is 14.1. The lowest BCUT2D eigenvalue weighted by atomic mass is 9.95. The number of ether oxygens (including phenoxy) is 1. The van der Waals surface area contributed by atoms with Crippen LogP contribution in [0.5, 0.6) is 0 Å². The lowest BCUT2D eigenvalue weighted by Crippen LogP contribution is -2.45. The lowest BCUT2D eigenvalue weighted by Gasteiger charge is -2.20. The number of rotatable bonds is 6. The molecule has 31 heavy (non-hydrogen) atoms. The zero-order valence-electron chi connectivity index (χ0n) is 16.8. The molecule has 156 valence electrons. The van der Waals surface area contributed by atoms with Gasteiger partial charge in [0.2, 0.25) is 5.91 Å². The van der Waals surface area contributed by atoms with E-state index in [-0.39, 0.29) is 18.0 Å². The topological polar surface area (TPSA) is 98.5 Å². The van der Waals surface area contributed by atoms with E-state index in [4.69, 9.17) is 4.74 Å². The quantitative estimate of drug-likeness (QED) is 0.376. The predicted octanol–water partition coefficient (Wildman–Crippen LogP) is 3.61. The average Bonchev–Trinajstić information content (AvgIpc) is 3.13. The summed E-state index contributed by atoms with van der Waals surface area (Å²) >= 11 is 0. The lowest BCUT2D eigenvalue weighted by molar-refractivity contribution is -0.385.